The van der Waals surface area contributed by atoms with E-state index in [2.05, 4.69) is 0 Å². The van der Waals surface area contributed by atoms with E-state index >= 15 is 0 Å². The van der Waals surface area contributed by atoms with E-state index in [1.165, 1.54) is 0 Å². The molecule has 14 heteroatoms. The maximum Gasteiger partial charge on any atom is 0.296 e. The van der Waals surface area contributed by atoms with Crippen molar-refractivity contribution < 1.29 is 35.5 Å². The third kappa shape index (κ3) is 3.16. The zero-order valence-corrected chi connectivity index (χ0v) is 13.2. The van der Waals surface area contributed by atoms with Crippen LogP contribution in [0.4, 0.5) is 0 Å². The molecule has 0 aromatic heterocycles. The molecule has 122 valence electrons. The maximum absolute atomic E-state index is 11.3. The van der Waals surface area contributed by atoms with Gasteiger partial charge in [0.05, 0.1) is 21.2 Å². The number of hydrogen-bond acceptors (Lipinski definition) is 6. The lowest BCUT2D eigenvalue weighted by atomic mass is 10.1. The predicted octanol–water partition coefficient (Wildman–Crippen LogP) is -0.315. The number of benzene rings is 1. The van der Waals surface area contributed by atoms with Gasteiger partial charge in [0.15, 0.2) is 0 Å². The fourth-order valence-electron chi connectivity index (χ4n) is 1.57. The van der Waals surface area contributed by atoms with Crippen molar-refractivity contribution in [3.05, 3.63) is 21.2 Å². The molecule has 0 spiro atoms. The smallest absolute Gasteiger partial charge is 0.296 e. The first-order valence-electron chi connectivity index (χ1n) is 4.80. The van der Waals surface area contributed by atoms with E-state index in [4.69, 9.17) is 43.8 Å². The summed E-state index contributed by atoms with van der Waals surface area (Å²) in [5.74, 6) is -3.10. The number of carbonyl (C=O) groups is 2. The molecule has 1 aromatic rings. The number of carbonyl (C=O) groups excluding carboxylic acids is 2. The molecule has 0 aliphatic rings. The average molecular weight is 393 g/mol. The lowest BCUT2D eigenvalue weighted by molar-refractivity contribution is 0.0996. The van der Waals surface area contributed by atoms with Crippen molar-refractivity contribution in [2.75, 3.05) is 0 Å². The van der Waals surface area contributed by atoms with Crippen LogP contribution in [0.3, 0.4) is 0 Å². The molecule has 6 N–H and O–H groups in total. The van der Waals surface area contributed by atoms with Crippen LogP contribution < -0.4 is 11.5 Å². The van der Waals surface area contributed by atoms with Gasteiger partial charge in [-0.05, 0) is 0 Å². The minimum Gasteiger partial charge on any atom is -0.366 e. The number of primary amides is 2. The SMILES string of the molecule is NC(=O)c1c(Cl)c(C(N)=O)c(S(=O)(=O)O)c(Cl)c1S(=O)(=O)O. The summed E-state index contributed by atoms with van der Waals surface area (Å²) in [7, 11) is -10.6. The molecule has 0 heterocycles. The molecule has 0 aliphatic heterocycles. The number of nitrogens with two attached hydrogens (primary N) is 2. The number of hydrogen-bond donors (Lipinski definition) is 4. The first-order chi connectivity index (χ1) is 9.71. The summed E-state index contributed by atoms with van der Waals surface area (Å²) in [5.41, 5.74) is 7.46. The minimum atomic E-state index is -5.30. The molecule has 0 unspecified atom stereocenters. The van der Waals surface area contributed by atoms with E-state index < -0.39 is 63.0 Å². The number of amides is 2. The lowest BCUT2D eigenvalue weighted by Crippen LogP contribution is -2.24. The van der Waals surface area contributed by atoms with Gasteiger partial charge in [-0.1, -0.05) is 23.2 Å². The molecule has 0 saturated heterocycles. The van der Waals surface area contributed by atoms with Gasteiger partial charge >= 0.3 is 0 Å². The third-order valence-corrected chi connectivity index (χ3v) is 5.13. The largest absolute Gasteiger partial charge is 0.366 e. The molecule has 1 aromatic carbocycles. The van der Waals surface area contributed by atoms with Crippen LogP contribution in [0.2, 0.25) is 10.0 Å². The first-order valence-corrected chi connectivity index (χ1v) is 8.44. The van der Waals surface area contributed by atoms with E-state index in [0.717, 1.165) is 0 Å². The Hall–Kier alpha value is -1.44. The molecule has 0 atom stereocenters. The Morgan fingerprint density at radius 2 is 1.05 bits per heavy atom. The molecule has 1 rings (SSSR count). The van der Waals surface area contributed by atoms with E-state index in [1.807, 2.05) is 0 Å². The van der Waals surface area contributed by atoms with Gasteiger partial charge in [0.1, 0.15) is 9.79 Å². The molecule has 22 heavy (non-hydrogen) atoms. The van der Waals surface area contributed by atoms with Gasteiger partial charge in [0, 0.05) is 0 Å². The number of rotatable bonds is 4. The van der Waals surface area contributed by atoms with Crippen LogP contribution in [0, 0.1) is 0 Å². The topological polar surface area (TPSA) is 195 Å². The highest BCUT2D eigenvalue weighted by molar-refractivity contribution is 7.87. The number of halogens is 2. The van der Waals surface area contributed by atoms with Crippen LogP contribution in [-0.2, 0) is 20.2 Å². The van der Waals surface area contributed by atoms with Crippen LogP contribution >= 0.6 is 23.2 Å². The van der Waals surface area contributed by atoms with Crippen LogP contribution in [0.15, 0.2) is 9.79 Å². The van der Waals surface area contributed by atoms with E-state index in [0.29, 0.717) is 0 Å². The normalized spacial score (nSPS) is 12.2. The van der Waals surface area contributed by atoms with Gasteiger partial charge in [0.25, 0.3) is 32.1 Å². The molecule has 0 fully saturated rings. The zero-order valence-electron chi connectivity index (χ0n) is 10.1. The fourth-order valence-corrected chi connectivity index (χ4v) is 4.48. The Morgan fingerprint density at radius 1 is 0.773 bits per heavy atom. The zero-order chi connectivity index (χ0) is 17.6. The second kappa shape index (κ2) is 5.64. The van der Waals surface area contributed by atoms with Crippen LogP contribution in [0.5, 0.6) is 0 Å². The molecule has 0 saturated carbocycles. The summed E-state index contributed by atoms with van der Waals surface area (Å²) in [5, 5.41) is -2.47. The van der Waals surface area contributed by atoms with E-state index in [9.17, 15) is 26.4 Å². The van der Waals surface area contributed by atoms with Crippen molar-refractivity contribution >= 4 is 55.3 Å². The Balaban J connectivity index is 4.38. The maximum atomic E-state index is 11.3. The van der Waals surface area contributed by atoms with Crippen molar-refractivity contribution in [2.45, 2.75) is 9.79 Å². The quantitative estimate of drug-likeness (QED) is 0.500. The molecule has 0 bridgehead atoms. The highest BCUT2D eigenvalue weighted by Gasteiger charge is 2.37. The summed E-state index contributed by atoms with van der Waals surface area (Å²) in [4.78, 5) is 19.7. The van der Waals surface area contributed by atoms with Crippen molar-refractivity contribution in [3.63, 3.8) is 0 Å². The predicted molar refractivity (Wildman–Crippen MR) is 73.1 cm³/mol. The molecule has 0 aliphatic carbocycles. The summed E-state index contributed by atoms with van der Waals surface area (Å²) in [6.45, 7) is 0. The van der Waals surface area contributed by atoms with Gasteiger partial charge in [-0.3, -0.25) is 18.7 Å². The second-order valence-corrected chi connectivity index (χ2v) is 7.19. The van der Waals surface area contributed by atoms with Gasteiger partial charge in [-0.15, -0.1) is 0 Å². The fraction of sp³-hybridized carbons (Fsp3) is 0. The van der Waals surface area contributed by atoms with Crippen LogP contribution in [0.1, 0.15) is 20.7 Å². The van der Waals surface area contributed by atoms with Crippen LogP contribution in [0.25, 0.3) is 0 Å². The minimum absolute atomic E-state index is 1.11. The van der Waals surface area contributed by atoms with Crippen molar-refractivity contribution in [1.29, 1.82) is 0 Å². The third-order valence-electron chi connectivity index (χ3n) is 2.30. The Bertz CT molecular complexity index is 836. The van der Waals surface area contributed by atoms with Gasteiger partial charge in [0.2, 0.25) is 0 Å². The molecular weight excluding hydrogens is 387 g/mol. The highest BCUT2D eigenvalue weighted by atomic mass is 35.5. The average Bonchev–Trinajstić information content (AvgIpc) is 2.26. The van der Waals surface area contributed by atoms with Gasteiger partial charge in [-0.25, -0.2) is 0 Å². The Labute approximate surface area is 133 Å². The van der Waals surface area contributed by atoms with Gasteiger partial charge in [-0.2, -0.15) is 16.8 Å². The van der Waals surface area contributed by atoms with Crippen molar-refractivity contribution in [3.8, 4) is 0 Å². The first kappa shape index (κ1) is 18.6. The second-order valence-electron chi connectivity index (χ2n) is 3.71. The summed E-state index contributed by atoms with van der Waals surface area (Å²) < 4.78 is 63.4. The summed E-state index contributed by atoms with van der Waals surface area (Å²) in [6.07, 6.45) is 0. The Morgan fingerprint density at radius 3 is 1.23 bits per heavy atom. The Kier molecular flexibility index (Phi) is 4.77. The van der Waals surface area contributed by atoms with Crippen molar-refractivity contribution in [2.24, 2.45) is 11.5 Å². The standard InChI is InChI=1S/C8H6Cl2N2O8S2/c9-3-1(7(11)13)5(21(15,16)17)4(10)6(22(18,19)20)2(3)8(12)14/h(H2,11,13)(H2,12,14)(H,15,16,17)(H,18,19,20). The molecular formula is C8H6Cl2N2O8S2. The highest BCUT2D eigenvalue weighted by Crippen LogP contribution is 2.39. The summed E-state index contributed by atoms with van der Waals surface area (Å²) in [6, 6.07) is 0. The summed E-state index contributed by atoms with van der Waals surface area (Å²) >= 11 is 11.1. The monoisotopic (exact) mass is 392 g/mol. The molecule has 10 nitrogen and oxygen atoms in total. The van der Waals surface area contributed by atoms with Crippen LogP contribution in [-0.4, -0.2) is 37.8 Å². The van der Waals surface area contributed by atoms with E-state index in [-0.39, 0.29) is 0 Å². The van der Waals surface area contributed by atoms with Crippen molar-refractivity contribution in [1.82, 2.24) is 0 Å². The van der Waals surface area contributed by atoms with E-state index in [1.54, 1.807) is 0 Å². The molecule has 0 radical (unpaired) electrons. The lowest BCUT2D eigenvalue weighted by Gasteiger charge is -2.15. The molecule has 2 amide bonds. The van der Waals surface area contributed by atoms with Gasteiger partial charge < -0.3 is 11.5 Å².